The first-order valence-electron chi connectivity index (χ1n) is 6.76. The van der Waals surface area contributed by atoms with E-state index in [0.717, 1.165) is 11.3 Å². The van der Waals surface area contributed by atoms with Crippen LogP contribution >= 0.6 is 11.8 Å². The molecule has 1 heterocycles. The fourth-order valence-corrected chi connectivity index (χ4v) is 3.24. The van der Waals surface area contributed by atoms with Gasteiger partial charge in [0.15, 0.2) is 0 Å². The van der Waals surface area contributed by atoms with Gasteiger partial charge < -0.3 is 10.1 Å². The van der Waals surface area contributed by atoms with Gasteiger partial charge in [-0.25, -0.2) is 0 Å². The number of carbonyl (C=O) groups is 1. The van der Waals surface area contributed by atoms with Crippen LogP contribution in [0.3, 0.4) is 0 Å². The summed E-state index contributed by atoms with van der Waals surface area (Å²) in [6.07, 6.45) is 4.33. The van der Waals surface area contributed by atoms with Crippen LogP contribution in [0.4, 0.5) is 0 Å². The highest BCUT2D eigenvalue weighted by atomic mass is 32.2. The summed E-state index contributed by atoms with van der Waals surface area (Å²) in [5, 5.41) is 3.11. The molecule has 0 bridgehead atoms. The lowest BCUT2D eigenvalue weighted by atomic mass is 9.56. The third kappa shape index (κ3) is 2.83. The molecule has 1 fully saturated rings. The Kier molecular flexibility index (Phi) is 4.39. The first-order chi connectivity index (χ1) is 9.39. The molecule has 0 aliphatic heterocycles. The van der Waals surface area contributed by atoms with Crippen LogP contribution in [-0.2, 0) is 9.53 Å². The van der Waals surface area contributed by atoms with Gasteiger partial charge in [-0.2, -0.15) is 0 Å². The minimum atomic E-state index is -0.150. The van der Waals surface area contributed by atoms with Crippen LogP contribution < -0.4 is 5.32 Å². The molecule has 20 heavy (non-hydrogen) atoms. The number of amides is 1. The molecule has 2 rings (SSSR count). The molecule has 4 nitrogen and oxygen atoms in total. The molecule has 110 valence electrons. The minimum Gasteiger partial charge on any atom is -0.378 e. The molecule has 2 unspecified atom stereocenters. The number of pyridine rings is 1. The van der Waals surface area contributed by atoms with Gasteiger partial charge in [-0.05, 0) is 25.5 Å². The van der Waals surface area contributed by atoms with E-state index < -0.39 is 0 Å². The minimum absolute atomic E-state index is 0.0429. The molecule has 1 aromatic rings. The van der Waals surface area contributed by atoms with Gasteiger partial charge in [0.05, 0.1) is 11.4 Å². The zero-order chi connectivity index (χ0) is 14.8. The summed E-state index contributed by atoms with van der Waals surface area (Å²) < 4.78 is 5.57. The quantitative estimate of drug-likeness (QED) is 0.848. The Morgan fingerprint density at radius 2 is 2.10 bits per heavy atom. The largest absolute Gasteiger partial charge is 0.378 e. The van der Waals surface area contributed by atoms with Crippen molar-refractivity contribution in [1.82, 2.24) is 10.3 Å². The van der Waals surface area contributed by atoms with E-state index in [2.05, 4.69) is 31.1 Å². The van der Waals surface area contributed by atoms with Gasteiger partial charge in [0.25, 0.3) is 0 Å². The molecule has 2 atom stereocenters. The van der Waals surface area contributed by atoms with Gasteiger partial charge in [-0.15, -0.1) is 11.8 Å². The lowest BCUT2D eigenvalue weighted by Crippen LogP contribution is -2.68. The Labute approximate surface area is 124 Å². The lowest BCUT2D eigenvalue weighted by molar-refractivity contribution is -0.182. The Morgan fingerprint density at radius 3 is 2.65 bits per heavy atom. The van der Waals surface area contributed by atoms with Crippen molar-refractivity contribution in [2.24, 2.45) is 5.41 Å². The monoisotopic (exact) mass is 294 g/mol. The molecule has 0 spiro atoms. The van der Waals surface area contributed by atoms with Crippen LogP contribution in [-0.4, -0.2) is 35.4 Å². The molecule has 0 aromatic carbocycles. The number of methoxy groups -OCH3 is 1. The number of rotatable bonds is 5. The average Bonchev–Trinajstić information content (AvgIpc) is 2.45. The van der Waals surface area contributed by atoms with E-state index in [9.17, 15) is 4.79 Å². The fourth-order valence-electron chi connectivity index (χ4n) is 2.54. The number of thioether (sulfide) groups is 1. The van der Waals surface area contributed by atoms with Gasteiger partial charge in [-0.3, -0.25) is 9.78 Å². The molecule has 1 amide bonds. The van der Waals surface area contributed by atoms with Crippen LogP contribution in [0.2, 0.25) is 0 Å². The molecule has 5 heteroatoms. The van der Waals surface area contributed by atoms with Crippen molar-refractivity contribution in [3.63, 3.8) is 0 Å². The molecule has 1 aliphatic rings. The van der Waals surface area contributed by atoms with Crippen molar-refractivity contribution < 1.29 is 9.53 Å². The normalized spacial score (nSPS) is 27.7. The SMILES string of the molecule is COC1(C)CC(NC(=O)CSc2ccncc2)C1(C)C. The molecule has 1 N–H and O–H groups in total. The Balaban J connectivity index is 1.82. The van der Waals surface area contributed by atoms with Gasteiger partial charge in [0, 0.05) is 35.9 Å². The van der Waals surface area contributed by atoms with Gasteiger partial charge in [0.1, 0.15) is 0 Å². The summed E-state index contributed by atoms with van der Waals surface area (Å²) in [5.74, 6) is 0.503. The maximum Gasteiger partial charge on any atom is 0.230 e. The molecule has 0 saturated heterocycles. The second-order valence-electron chi connectivity index (χ2n) is 5.95. The molecule has 1 aromatic heterocycles. The third-order valence-corrected chi connectivity index (χ3v) is 5.65. The highest BCUT2D eigenvalue weighted by Gasteiger charge is 2.58. The maximum absolute atomic E-state index is 12.0. The average molecular weight is 294 g/mol. The Hall–Kier alpha value is -1.07. The zero-order valence-electron chi connectivity index (χ0n) is 12.5. The maximum atomic E-state index is 12.0. The molecule has 1 saturated carbocycles. The van der Waals surface area contributed by atoms with Crippen LogP contribution in [0.15, 0.2) is 29.4 Å². The van der Waals surface area contributed by atoms with E-state index >= 15 is 0 Å². The predicted molar refractivity (Wildman–Crippen MR) is 80.7 cm³/mol. The first-order valence-corrected chi connectivity index (χ1v) is 7.75. The highest BCUT2D eigenvalue weighted by molar-refractivity contribution is 8.00. The predicted octanol–water partition coefficient (Wildman–Crippen LogP) is 2.49. The third-order valence-electron chi connectivity index (χ3n) is 4.63. The second-order valence-corrected chi connectivity index (χ2v) is 7.00. The van der Waals surface area contributed by atoms with Crippen LogP contribution in [0.5, 0.6) is 0 Å². The number of hydrogen-bond acceptors (Lipinski definition) is 4. The van der Waals surface area contributed by atoms with Crippen molar-refractivity contribution >= 4 is 17.7 Å². The van der Waals surface area contributed by atoms with Crippen molar-refractivity contribution in [3.05, 3.63) is 24.5 Å². The highest BCUT2D eigenvalue weighted by Crippen LogP contribution is 2.51. The van der Waals surface area contributed by atoms with Gasteiger partial charge >= 0.3 is 0 Å². The number of nitrogens with zero attached hydrogens (tertiary/aromatic N) is 1. The van der Waals surface area contributed by atoms with Crippen molar-refractivity contribution in [2.45, 2.75) is 43.7 Å². The number of carbonyl (C=O) groups excluding carboxylic acids is 1. The summed E-state index contributed by atoms with van der Waals surface area (Å²) >= 11 is 1.53. The van der Waals surface area contributed by atoms with Crippen LogP contribution in [0.1, 0.15) is 27.2 Å². The first kappa shape index (κ1) is 15.3. The van der Waals surface area contributed by atoms with Crippen molar-refractivity contribution in [1.29, 1.82) is 0 Å². The van der Waals surface area contributed by atoms with Crippen LogP contribution in [0.25, 0.3) is 0 Å². The molecular weight excluding hydrogens is 272 g/mol. The Bertz CT molecular complexity index is 478. The molecule has 1 aliphatic carbocycles. The Morgan fingerprint density at radius 1 is 1.45 bits per heavy atom. The standard InChI is InChI=1S/C15H22N2O2S/c1-14(2)12(9-15(14,3)19-4)17-13(18)10-20-11-5-7-16-8-6-11/h5-8,12H,9-10H2,1-4H3,(H,17,18). The lowest BCUT2D eigenvalue weighted by Gasteiger charge is -2.59. The van der Waals surface area contributed by atoms with E-state index in [0.29, 0.717) is 5.75 Å². The smallest absolute Gasteiger partial charge is 0.230 e. The second kappa shape index (κ2) is 5.74. The summed E-state index contributed by atoms with van der Waals surface area (Å²) in [5.41, 5.74) is -0.193. The van der Waals surface area contributed by atoms with E-state index in [1.807, 2.05) is 12.1 Å². The van der Waals surface area contributed by atoms with E-state index in [1.54, 1.807) is 19.5 Å². The molecular formula is C15H22N2O2S. The number of ether oxygens (including phenoxy) is 1. The number of hydrogen-bond donors (Lipinski definition) is 1. The van der Waals surface area contributed by atoms with Gasteiger partial charge in [0.2, 0.25) is 5.91 Å². The van der Waals surface area contributed by atoms with Crippen LogP contribution in [0, 0.1) is 5.41 Å². The summed E-state index contributed by atoms with van der Waals surface area (Å²) in [7, 11) is 1.74. The molecule has 0 radical (unpaired) electrons. The van der Waals surface area contributed by atoms with E-state index in [4.69, 9.17) is 4.74 Å². The fraction of sp³-hybridized carbons (Fsp3) is 0.600. The zero-order valence-corrected chi connectivity index (χ0v) is 13.3. The number of nitrogens with one attached hydrogen (secondary N) is 1. The summed E-state index contributed by atoms with van der Waals surface area (Å²) in [6, 6.07) is 4.00. The number of aromatic nitrogens is 1. The van der Waals surface area contributed by atoms with E-state index in [-0.39, 0.29) is 23.0 Å². The topological polar surface area (TPSA) is 51.2 Å². The summed E-state index contributed by atoms with van der Waals surface area (Å²) in [4.78, 5) is 17.0. The van der Waals surface area contributed by atoms with Crippen molar-refractivity contribution in [3.8, 4) is 0 Å². The summed E-state index contributed by atoms with van der Waals surface area (Å²) in [6.45, 7) is 6.38. The van der Waals surface area contributed by atoms with E-state index in [1.165, 1.54) is 11.8 Å². The van der Waals surface area contributed by atoms with Gasteiger partial charge in [-0.1, -0.05) is 13.8 Å². The van der Waals surface area contributed by atoms with Crippen molar-refractivity contribution in [2.75, 3.05) is 12.9 Å².